The molecule has 2 aromatic carbocycles. The second-order valence-corrected chi connectivity index (χ2v) is 8.16. The fourth-order valence-corrected chi connectivity index (χ4v) is 2.70. The molecule has 0 saturated carbocycles. The van der Waals surface area contributed by atoms with Crippen LogP contribution in [0.2, 0.25) is 0 Å². The summed E-state index contributed by atoms with van der Waals surface area (Å²) in [5.41, 5.74) is -1.39. The number of carbonyl (C=O) groups is 1. The number of hydrogen-bond acceptors (Lipinski definition) is 3. The Morgan fingerprint density at radius 3 is 2.07 bits per heavy atom. The van der Waals surface area contributed by atoms with E-state index in [0.29, 0.717) is 12.1 Å². The highest BCUT2D eigenvalue weighted by molar-refractivity contribution is 7.93. The van der Waals surface area contributed by atoms with E-state index in [1.165, 1.54) is 38.1 Å². The van der Waals surface area contributed by atoms with E-state index in [4.69, 9.17) is 0 Å². The van der Waals surface area contributed by atoms with Gasteiger partial charge in [0.25, 0.3) is 5.91 Å². The summed E-state index contributed by atoms with van der Waals surface area (Å²) in [4.78, 5) is 12.1. The second kappa shape index (κ2) is 7.55. The molecule has 2 aromatic rings. The lowest BCUT2D eigenvalue weighted by Gasteiger charge is -2.12. The van der Waals surface area contributed by atoms with Crippen molar-refractivity contribution in [2.24, 2.45) is 0 Å². The molecule has 2 N–H and O–H groups in total. The fourth-order valence-electron chi connectivity index (χ4n) is 2.00. The van der Waals surface area contributed by atoms with Crippen LogP contribution >= 0.6 is 0 Å². The number of halogens is 4. The summed E-state index contributed by atoms with van der Waals surface area (Å²) >= 11 is 0. The molecule has 0 atom stereocenters. The third kappa shape index (κ3) is 5.19. The maximum atomic E-state index is 13.3. The van der Waals surface area contributed by atoms with Gasteiger partial charge in [-0.3, -0.25) is 9.52 Å². The van der Waals surface area contributed by atoms with Crippen LogP contribution in [0.15, 0.2) is 42.5 Å². The van der Waals surface area contributed by atoms with Crippen LogP contribution in [0.5, 0.6) is 0 Å². The highest BCUT2D eigenvalue weighted by Gasteiger charge is 2.34. The fraction of sp³-hybridized carbons (Fsp3) is 0.235. The van der Waals surface area contributed by atoms with Crippen molar-refractivity contribution in [2.45, 2.75) is 25.3 Å². The van der Waals surface area contributed by atoms with E-state index < -0.39 is 38.7 Å². The minimum absolute atomic E-state index is 0.0837. The third-order valence-corrected chi connectivity index (χ3v) is 5.32. The van der Waals surface area contributed by atoms with Gasteiger partial charge in [0.05, 0.1) is 10.8 Å². The Morgan fingerprint density at radius 1 is 1.00 bits per heavy atom. The first kappa shape index (κ1) is 20.7. The lowest BCUT2D eigenvalue weighted by Crippen LogP contribution is -2.22. The number of anilines is 2. The topological polar surface area (TPSA) is 75.3 Å². The van der Waals surface area contributed by atoms with Gasteiger partial charge >= 0.3 is 6.18 Å². The van der Waals surface area contributed by atoms with Gasteiger partial charge in [-0.25, -0.2) is 12.8 Å². The lowest BCUT2D eigenvalue weighted by molar-refractivity contribution is -0.139. The van der Waals surface area contributed by atoms with Gasteiger partial charge in [0, 0.05) is 16.9 Å². The van der Waals surface area contributed by atoms with Crippen molar-refractivity contribution < 1.29 is 30.8 Å². The van der Waals surface area contributed by atoms with E-state index in [1.54, 1.807) is 0 Å². The van der Waals surface area contributed by atoms with Crippen molar-refractivity contribution in [2.75, 3.05) is 10.0 Å². The van der Waals surface area contributed by atoms with Gasteiger partial charge in [-0.15, -0.1) is 0 Å². The molecule has 0 saturated heterocycles. The third-order valence-electron chi connectivity index (χ3n) is 3.56. The van der Waals surface area contributed by atoms with Gasteiger partial charge in [0.15, 0.2) is 0 Å². The minimum Gasteiger partial charge on any atom is -0.322 e. The maximum Gasteiger partial charge on any atom is 0.419 e. The van der Waals surface area contributed by atoms with Gasteiger partial charge in [-0.1, -0.05) is 0 Å². The van der Waals surface area contributed by atoms with E-state index in [9.17, 15) is 30.8 Å². The van der Waals surface area contributed by atoms with Crippen molar-refractivity contribution in [3.05, 3.63) is 59.4 Å². The first-order valence-electron chi connectivity index (χ1n) is 7.70. The second-order valence-electron chi connectivity index (χ2n) is 5.92. The number of alkyl halides is 3. The van der Waals surface area contributed by atoms with E-state index >= 15 is 0 Å². The van der Waals surface area contributed by atoms with Gasteiger partial charge in [0.2, 0.25) is 10.0 Å². The standard InChI is InChI=1S/C17H16F4N2O3S/c1-10(2)27(25,26)23-12-5-3-11(4-6-12)16(24)22-13-7-8-15(18)14(9-13)17(19,20)21/h3-10,23H,1-2H3,(H,22,24). The van der Waals surface area contributed by atoms with Crippen LogP contribution in [0.3, 0.4) is 0 Å². The Bertz CT molecular complexity index is 940. The average molecular weight is 404 g/mol. The van der Waals surface area contributed by atoms with Crippen LogP contribution in [0.4, 0.5) is 28.9 Å². The highest BCUT2D eigenvalue weighted by atomic mass is 32.2. The molecule has 2 rings (SSSR count). The smallest absolute Gasteiger partial charge is 0.322 e. The molecule has 0 radical (unpaired) electrons. The number of sulfonamides is 1. The molecule has 27 heavy (non-hydrogen) atoms. The Hall–Kier alpha value is -2.62. The average Bonchev–Trinajstić information content (AvgIpc) is 2.55. The first-order valence-corrected chi connectivity index (χ1v) is 9.24. The summed E-state index contributed by atoms with van der Waals surface area (Å²) < 4.78 is 77.3. The number of hydrogen-bond donors (Lipinski definition) is 2. The molecule has 146 valence electrons. The Morgan fingerprint density at radius 2 is 1.56 bits per heavy atom. The van der Waals surface area contributed by atoms with Gasteiger partial charge in [-0.05, 0) is 56.3 Å². The molecule has 0 spiro atoms. The zero-order chi connectivity index (χ0) is 20.4. The molecule has 0 aliphatic heterocycles. The normalized spacial score (nSPS) is 12.1. The quantitative estimate of drug-likeness (QED) is 0.732. The first-order chi connectivity index (χ1) is 12.4. The number of rotatable bonds is 5. The van der Waals surface area contributed by atoms with Crippen LogP contribution in [-0.4, -0.2) is 19.6 Å². The monoisotopic (exact) mass is 404 g/mol. The molecule has 0 aromatic heterocycles. The van der Waals surface area contributed by atoms with Crippen LogP contribution in [-0.2, 0) is 16.2 Å². The molecular weight excluding hydrogens is 388 g/mol. The summed E-state index contributed by atoms with van der Waals surface area (Å²) in [5, 5.41) is 1.59. The number of amides is 1. The van der Waals surface area contributed by atoms with Gasteiger partial charge in [0.1, 0.15) is 5.82 Å². The molecule has 10 heteroatoms. The van der Waals surface area contributed by atoms with E-state index in [2.05, 4.69) is 10.0 Å². The SMILES string of the molecule is CC(C)S(=O)(=O)Nc1ccc(C(=O)Nc2ccc(F)c(C(F)(F)F)c2)cc1. The summed E-state index contributed by atoms with van der Waals surface area (Å²) in [5.74, 6) is -2.17. The lowest BCUT2D eigenvalue weighted by atomic mass is 10.1. The summed E-state index contributed by atoms with van der Waals surface area (Å²) in [6.07, 6.45) is -4.89. The van der Waals surface area contributed by atoms with E-state index in [1.807, 2.05) is 0 Å². The van der Waals surface area contributed by atoms with Crippen molar-refractivity contribution in [3.8, 4) is 0 Å². The van der Waals surface area contributed by atoms with Gasteiger partial charge < -0.3 is 5.32 Å². The molecule has 0 heterocycles. The van der Waals surface area contributed by atoms with Crippen molar-refractivity contribution in [1.29, 1.82) is 0 Å². The Kier molecular flexibility index (Phi) is 5.79. The van der Waals surface area contributed by atoms with Gasteiger partial charge in [-0.2, -0.15) is 13.2 Å². The van der Waals surface area contributed by atoms with Crippen LogP contribution in [0.25, 0.3) is 0 Å². The van der Waals surface area contributed by atoms with Crippen molar-refractivity contribution >= 4 is 27.3 Å². The largest absolute Gasteiger partial charge is 0.419 e. The minimum atomic E-state index is -4.89. The van der Waals surface area contributed by atoms with E-state index in [-0.39, 0.29) is 16.9 Å². The van der Waals surface area contributed by atoms with Crippen molar-refractivity contribution in [3.63, 3.8) is 0 Å². The summed E-state index contributed by atoms with van der Waals surface area (Å²) in [6.45, 7) is 3.00. The number of carbonyl (C=O) groups excluding carboxylic acids is 1. The van der Waals surface area contributed by atoms with Crippen molar-refractivity contribution in [1.82, 2.24) is 0 Å². The Labute approximate surface area is 153 Å². The Balaban J connectivity index is 2.15. The molecule has 1 amide bonds. The molecular formula is C17H16F4N2O3S. The number of nitrogens with one attached hydrogen (secondary N) is 2. The molecule has 0 fully saturated rings. The molecule has 0 unspecified atom stereocenters. The zero-order valence-electron chi connectivity index (χ0n) is 14.3. The highest BCUT2D eigenvalue weighted by Crippen LogP contribution is 2.33. The van der Waals surface area contributed by atoms with Crippen LogP contribution < -0.4 is 10.0 Å². The molecule has 0 aliphatic carbocycles. The summed E-state index contributed by atoms with van der Waals surface area (Å²) in [6, 6.07) is 7.43. The molecule has 0 bridgehead atoms. The van der Waals surface area contributed by atoms with Crippen LogP contribution in [0, 0.1) is 5.82 Å². The zero-order valence-corrected chi connectivity index (χ0v) is 15.1. The summed E-state index contributed by atoms with van der Waals surface area (Å²) in [7, 11) is -3.55. The predicted octanol–water partition coefficient (Wildman–Crippen LogP) is 4.25. The molecule has 5 nitrogen and oxygen atoms in total. The predicted molar refractivity (Wildman–Crippen MR) is 93.5 cm³/mol. The molecule has 0 aliphatic rings. The number of benzene rings is 2. The maximum absolute atomic E-state index is 13.3. The van der Waals surface area contributed by atoms with E-state index in [0.717, 1.165) is 6.07 Å². The van der Waals surface area contributed by atoms with Crippen LogP contribution in [0.1, 0.15) is 29.8 Å².